The highest BCUT2D eigenvalue weighted by molar-refractivity contribution is 7.88. The van der Waals surface area contributed by atoms with Crippen LogP contribution in [-0.2, 0) is 21.2 Å². The van der Waals surface area contributed by atoms with Gasteiger partial charge in [-0.3, -0.25) is 4.79 Å². The van der Waals surface area contributed by atoms with Crippen molar-refractivity contribution in [1.29, 1.82) is 0 Å². The van der Waals surface area contributed by atoms with Gasteiger partial charge in [0.2, 0.25) is 15.9 Å². The van der Waals surface area contributed by atoms with Gasteiger partial charge in [0.25, 0.3) is 0 Å². The van der Waals surface area contributed by atoms with Gasteiger partial charge in [0, 0.05) is 30.1 Å². The molecular formula is C22H25F3N2O3S. The Hall–Kier alpha value is -2.39. The third-order valence-corrected chi connectivity index (χ3v) is 6.09. The van der Waals surface area contributed by atoms with Gasteiger partial charge in [0.15, 0.2) is 11.6 Å². The molecule has 1 heterocycles. The second-order valence-electron chi connectivity index (χ2n) is 8.19. The van der Waals surface area contributed by atoms with Crippen LogP contribution in [0.25, 0.3) is 11.1 Å². The summed E-state index contributed by atoms with van der Waals surface area (Å²) in [5.41, 5.74) is 0.780. The molecule has 2 atom stereocenters. The van der Waals surface area contributed by atoms with Crippen LogP contribution in [0, 0.1) is 23.4 Å². The number of nitrogens with zero attached hydrogens (tertiary/aromatic N) is 1. The van der Waals surface area contributed by atoms with Gasteiger partial charge in [-0.1, -0.05) is 38.1 Å². The van der Waals surface area contributed by atoms with Crippen LogP contribution < -0.4 is 4.72 Å². The van der Waals surface area contributed by atoms with E-state index in [4.69, 9.17) is 0 Å². The Morgan fingerprint density at radius 1 is 1.19 bits per heavy atom. The fourth-order valence-electron chi connectivity index (χ4n) is 4.00. The van der Waals surface area contributed by atoms with E-state index in [9.17, 15) is 26.4 Å². The van der Waals surface area contributed by atoms with Gasteiger partial charge >= 0.3 is 0 Å². The van der Waals surface area contributed by atoms with Crippen LogP contribution >= 0.6 is 0 Å². The van der Waals surface area contributed by atoms with Crippen LogP contribution in [0.5, 0.6) is 0 Å². The Morgan fingerprint density at radius 3 is 2.55 bits per heavy atom. The first-order valence-corrected chi connectivity index (χ1v) is 11.9. The molecule has 0 bridgehead atoms. The Morgan fingerprint density at radius 2 is 1.90 bits per heavy atom. The molecule has 9 heteroatoms. The van der Waals surface area contributed by atoms with E-state index in [0.29, 0.717) is 36.6 Å². The second-order valence-corrected chi connectivity index (χ2v) is 9.97. The summed E-state index contributed by atoms with van der Waals surface area (Å²) >= 11 is 0. The summed E-state index contributed by atoms with van der Waals surface area (Å²) in [6.45, 7) is 3.97. The molecule has 0 radical (unpaired) electrons. The third kappa shape index (κ3) is 5.46. The molecule has 1 amide bonds. The number of nitrogens with one attached hydrogen (secondary N) is 1. The highest BCUT2D eigenvalue weighted by atomic mass is 32.2. The summed E-state index contributed by atoms with van der Waals surface area (Å²) in [6.07, 6.45) is 1.84. The fourth-order valence-corrected chi connectivity index (χ4v) is 4.82. The molecule has 168 valence electrons. The van der Waals surface area contributed by atoms with Crippen molar-refractivity contribution in [2.45, 2.75) is 38.8 Å². The van der Waals surface area contributed by atoms with E-state index in [2.05, 4.69) is 4.72 Å². The molecule has 0 aromatic heterocycles. The molecule has 1 aliphatic rings. The molecule has 1 saturated heterocycles. The van der Waals surface area contributed by atoms with E-state index in [0.717, 1.165) is 12.3 Å². The molecule has 3 rings (SSSR count). The smallest absolute Gasteiger partial charge is 0.225 e. The average Bonchev–Trinajstić information content (AvgIpc) is 3.04. The van der Waals surface area contributed by atoms with Crippen molar-refractivity contribution in [3.63, 3.8) is 0 Å². The Bertz CT molecular complexity index is 1090. The van der Waals surface area contributed by atoms with E-state index in [1.165, 1.54) is 0 Å². The number of benzene rings is 2. The van der Waals surface area contributed by atoms with Crippen LogP contribution in [0.15, 0.2) is 36.4 Å². The van der Waals surface area contributed by atoms with E-state index in [1.54, 1.807) is 43.0 Å². The van der Waals surface area contributed by atoms with Gasteiger partial charge in [-0.2, -0.15) is 0 Å². The number of sulfonamides is 1. The minimum Gasteiger partial charge on any atom is -0.337 e. The van der Waals surface area contributed by atoms with Crippen molar-refractivity contribution in [1.82, 2.24) is 9.62 Å². The second kappa shape index (κ2) is 9.00. The van der Waals surface area contributed by atoms with Crippen molar-refractivity contribution in [2.75, 3.05) is 12.8 Å². The first-order chi connectivity index (χ1) is 14.5. The van der Waals surface area contributed by atoms with Crippen LogP contribution in [0.1, 0.15) is 25.8 Å². The Labute approximate surface area is 180 Å². The zero-order valence-electron chi connectivity index (χ0n) is 17.5. The maximum atomic E-state index is 14.2. The highest BCUT2D eigenvalue weighted by Gasteiger charge is 2.39. The summed E-state index contributed by atoms with van der Waals surface area (Å²) in [5.74, 6) is -3.65. The number of hydrogen-bond acceptors (Lipinski definition) is 3. The molecule has 2 aromatic rings. The molecule has 31 heavy (non-hydrogen) atoms. The number of halogens is 3. The maximum absolute atomic E-state index is 14.2. The summed E-state index contributed by atoms with van der Waals surface area (Å²) in [5, 5.41) is 0. The normalized spacial score (nSPS) is 19.3. The van der Waals surface area contributed by atoms with Gasteiger partial charge < -0.3 is 4.90 Å². The quantitative estimate of drug-likeness (QED) is 0.680. The van der Waals surface area contributed by atoms with Gasteiger partial charge in [-0.15, -0.1) is 0 Å². The van der Waals surface area contributed by atoms with E-state index in [-0.39, 0.29) is 17.4 Å². The van der Waals surface area contributed by atoms with Crippen molar-refractivity contribution in [3.05, 3.63) is 59.4 Å². The highest BCUT2D eigenvalue weighted by Crippen LogP contribution is 2.29. The number of hydrogen-bond donors (Lipinski definition) is 1. The van der Waals surface area contributed by atoms with Gasteiger partial charge in [-0.25, -0.2) is 26.3 Å². The first-order valence-electron chi connectivity index (χ1n) is 9.98. The molecule has 1 N–H and O–H groups in total. The van der Waals surface area contributed by atoms with Crippen molar-refractivity contribution in [2.24, 2.45) is 5.92 Å². The number of amides is 1. The minimum atomic E-state index is -3.49. The van der Waals surface area contributed by atoms with Crippen LogP contribution in [0.2, 0.25) is 0 Å². The third-order valence-electron chi connectivity index (χ3n) is 5.36. The molecule has 1 aliphatic heterocycles. The molecule has 2 aromatic carbocycles. The van der Waals surface area contributed by atoms with Gasteiger partial charge in [0.1, 0.15) is 5.82 Å². The van der Waals surface area contributed by atoms with E-state index >= 15 is 0 Å². The zero-order valence-corrected chi connectivity index (χ0v) is 18.3. The SMILES string of the molecule is CC(C)C(=O)N1CC[C@@H](NS(C)(=O)=O)[C@H]1Cc1cccc(-c2cc(F)cc(F)c2F)c1. The standard InChI is InChI=1S/C22H25F3N2O3S/c1-13(2)22(28)27-8-7-19(26-31(3,29)30)20(27)10-14-5-4-6-15(9-14)17-11-16(23)12-18(24)21(17)25/h4-6,9,11-13,19-20,26H,7-8,10H2,1-3H3/t19-,20-/m1/s1. The van der Waals surface area contributed by atoms with Crippen LogP contribution in [0.3, 0.4) is 0 Å². The van der Waals surface area contributed by atoms with Crippen molar-refractivity contribution in [3.8, 4) is 11.1 Å². The lowest BCUT2D eigenvalue weighted by atomic mass is 9.96. The predicted molar refractivity (Wildman–Crippen MR) is 112 cm³/mol. The minimum absolute atomic E-state index is 0.0859. The fraction of sp³-hybridized carbons (Fsp3) is 0.409. The predicted octanol–water partition coefficient (Wildman–Crippen LogP) is 3.49. The Kier molecular flexibility index (Phi) is 6.76. The molecule has 0 saturated carbocycles. The number of likely N-dealkylation sites (tertiary alicyclic amines) is 1. The zero-order chi connectivity index (χ0) is 22.9. The first kappa shape index (κ1) is 23.3. The average molecular weight is 455 g/mol. The molecular weight excluding hydrogens is 429 g/mol. The number of rotatable bonds is 6. The molecule has 0 aliphatic carbocycles. The van der Waals surface area contributed by atoms with E-state index in [1.807, 2.05) is 0 Å². The van der Waals surface area contributed by atoms with E-state index < -0.39 is 39.6 Å². The Balaban J connectivity index is 1.94. The summed E-state index contributed by atoms with van der Waals surface area (Å²) in [6, 6.07) is 7.04. The molecule has 1 fully saturated rings. The monoisotopic (exact) mass is 454 g/mol. The number of carbonyl (C=O) groups is 1. The summed E-state index contributed by atoms with van der Waals surface area (Å²) in [7, 11) is -3.49. The van der Waals surface area contributed by atoms with Gasteiger partial charge in [0.05, 0.1) is 12.3 Å². The summed E-state index contributed by atoms with van der Waals surface area (Å²) in [4.78, 5) is 14.3. The topological polar surface area (TPSA) is 66.5 Å². The van der Waals surface area contributed by atoms with Crippen LogP contribution in [0.4, 0.5) is 13.2 Å². The lowest BCUT2D eigenvalue weighted by Gasteiger charge is -2.30. The molecule has 0 spiro atoms. The maximum Gasteiger partial charge on any atom is 0.225 e. The number of carbonyl (C=O) groups excluding carboxylic acids is 1. The summed E-state index contributed by atoms with van der Waals surface area (Å²) < 4.78 is 67.7. The molecule has 5 nitrogen and oxygen atoms in total. The lowest BCUT2D eigenvalue weighted by molar-refractivity contribution is -0.135. The van der Waals surface area contributed by atoms with Gasteiger partial charge in [-0.05, 0) is 30.0 Å². The van der Waals surface area contributed by atoms with Crippen molar-refractivity contribution < 1.29 is 26.4 Å². The lowest BCUT2D eigenvalue weighted by Crippen LogP contribution is -2.48. The van der Waals surface area contributed by atoms with Crippen LogP contribution in [-0.4, -0.2) is 44.1 Å². The molecule has 0 unspecified atom stereocenters. The van der Waals surface area contributed by atoms with Crippen molar-refractivity contribution >= 4 is 15.9 Å². The largest absolute Gasteiger partial charge is 0.337 e.